The first-order chi connectivity index (χ1) is 8.86. The zero-order chi connectivity index (χ0) is 12.4. The number of rotatable bonds is 3. The number of aromatic nitrogens is 1. The van der Waals surface area contributed by atoms with Gasteiger partial charge in [-0.25, -0.2) is 4.98 Å². The first-order valence-corrected chi connectivity index (χ1v) is 7.70. The van der Waals surface area contributed by atoms with Gasteiger partial charge in [-0.3, -0.25) is 4.90 Å². The molecule has 2 aliphatic rings. The van der Waals surface area contributed by atoms with Gasteiger partial charge in [0.1, 0.15) is 5.01 Å². The molecule has 0 aromatic carbocycles. The van der Waals surface area contributed by atoms with Crippen LogP contribution >= 0.6 is 11.3 Å². The van der Waals surface area contributed by atoms with E-state index < -0.39 is 0 Å². The van der Waals surface area contributed by atoms with Gasteiger partial charge in [0, 0.05) is 30.9 Å². The minimum absolute atomic E-state index is 0.314. The Labute approximate surface area is 112 Å². The molecule has 0 bridgehead atoms. The van der Waals surface area contributed by atoms with Crippen molar-refractivity contribution in [3.63, 3.8) is 0 Å². The SMILES string of the molecule is CCCN1CCc2nc(C3COCCN3)sc2C1. The van der Waals surface area contributed by atoms with Crippen LogP contribution in [0.3, 0.4) is 0 Å². The summed E-state index contributed by atoms with van der Waals surface area (Å²) in [5.74, 6) is 0. The molecule has 0 aliphatic carbocycles. The van der Waals surface area contributed by atoms with E-state index in [2.05, 4.69) is 17.1 Å². The molecule has 1 atom stereocenters. The summed E-state index contributed by atoms with van der Waals surface area (Å²) in [5, 5.41) is 4.71. The molecule has 3 heterocycles. The average Bonchev–Trinajstić information content (AvgIpc) is 2.83. The van der Waals surface area contributed by atoms with Crippen molar-refractivity contribution in [3.8, 4) is 0 Å². The van der Waals surface area contributed by atoms with E-state index in [1.807, 2.05) is 11.3 Å². The van der Waals surface area contributed by atoms with Gasteiger partial charge in [-0.15, -0.1) is 11.3 Å². The monoisotopic (exact) mass is 267 g/mol. The molecule has 5 heteroatoms. The van der Waals surface area contributed by atoms with Gasteiger partial charge in [0.15, 0.2) is 0 Å². The smallest absolute Gasteiger partial charge is 0.113 e. The van der Waals surface area contributed by atoms with Crippen LogP contribution in [0.5, 0.6) is 0 Å². The third-order valence-electron chi connectivity index (χ3n) is 3.59. The quantitative estimate of drug-likeness (QED) is 0.902. The number of nitrogens with one attached hydrogen (secondary N) is 1. The summed E-state index contributed by atoms with van der Waals surface area (Å²) in [6.07, 6.45) is 2.35. The van der Waals surface area contributed by atoms with E-state index >= 15 is 0 Å². The Bertz CT molecular complexity index is 401. The Balaban J connectivity index is 1.72. The highest BCUT2D eigenvalue weighted by molar-refractivity contribution is 7.11. The fraction of sp³-hybridized carbons (Fsp3) is 0.769. The van der Waals surface area contributed by atoms with Gasteiger partial charge in [0.05, 0.1) is 24.9 Å². The van der Waals surface area contributed by atoms with E-state index in [-0.39, 0.29) is 0 Å². The Morgan fingerprint density at radius 3 is 3.28 bits per heavy atom. The maximum atomic E-state index is 5.52. The van der Waals surface area contributed by atoms with Crippen molar-refractivity contribution >= 4 is 11.3 Å². The average molecular weight is 267 g/mol. The zero-order valence-electron chi connectivity index (χ0n) is 10.9. The maximum Gasteiger partial charge on any atom is 0.113 e. The summed E-state index contributed by atoms with van der Waals surface area (Å²) in [6, 6.07) is 0.314. The van der Waals surface area contributed by atoms with Crippen LogP contribution in [0.25, 0.3) is 0 Å². The Morgan fingerprint density at radius 2 is 2.50 bits per heavy atom. The molecule has 1 aromatic rings. The lowest BCUT2D eigenvalue weighted by molar-refractivity contribution is 0.0767. The summed E-state index contributed by atoms with van der Waals surface area (Å²) in [4.78, 5) is 8.82. The van der Waals surface area contributed by atoms with Crippen molar-refractivity contribution in [1.82, 2.24) is 15.2 Å². The summed E-state index contributed by atoms with van der Waals surface area (Å²) in [5.41, 5.74) is 1.33. The van der Waals surface area contributed by atoms with Crippen LogP contribution < -0.4 is 5.32 Å². The molecular formula is C13H21N3OS. The van der Waals surface area contributed by atoms with Crippen molar-refractivity contribution in [3.05, 3.63) is 15.6 Å². The Morgan fingerprint density at radius 1 is 1.56 bits per heavy atom. The van der Waals surface area contributed by atoms with E-state index in [0.29, 0.717) is 6.04 Å². The van der Waals surface area contributed by atoms with Gasteiger partial charge >= 0.3 is 0 Å². The van der Waals surface area contributed by atoms with Gasteiger partial charge in [-0.05, 0) is 13.0 Å². The number of ether oxygens (including phenoxy) is 1. The molecule has 18 heavy (non-hydrogen) atoms. The highest BCUT2D eigenvalue weighted by Gasteiger charge is 2.24. The molecule has 0 saturated carbocycles. The third kappa shape index (κ3) is 2.59. The normalized spacial score (nSPS) is 25.1. The molecule has 1 aromatic heterocycles. The first-order valence-electron chi connectivity index (χ1n) is 6.88. The Kier molecular flexibility index (Phi) is 3.94. The zero-order valence-corrected chi connectivity index (χ0v) is 11.8. The van der Waals surface area contributed by atoms with Gasteiger partial charge < -0.3 is 10.1 Å². The van der Waals surface area contributed by atoms with Crippen LogP contribution in [0.15, 0.2) is 0 Å². The molecule has 2 aliphatic heterocycles. The van der Waals surface area contributed by atoms with Gasteiger partial charge in [-0.2, -0.15) is 0 Å². The van der Waals surface area contributed by atoms with Gasteiger partial charge in [-0.1, -0.05) is 6.92 Å². The second-order valence-corrected chi connectivity index (χ2v) is 6.14. The fourth-order valence-electron chi connectivity index (χ4n) is 2.65. The minimum Gasteiger partial charge on any atom is -0.378 e. The lowest BCUT2D eigenvalue weighted by Crippen LogP contribution is -2.34. The molecular weight excluding hydrogens is 246 g/mol. The Hall–Kier alpha value is -0.490. The van der Waals surface area contributed by atoms with E-state index in [4.69, 9.17) is 9.72 Å². The van der Waals surface area contributed by atoms with Crippen LogP contribution in [0, 0.1) is 0 Å². The summed E-state index contributed by atoms with van der Waals surface area (Å²) in [7, 11) is 0. The number of morpholine rings is 1. The van der Waals surface area contributed by atoms with E-state index in [1.165, 1.54) is 35.1 Å². The summed E-state index contributed by atoms with van der Waals surface area (Å²) < 4.78 is 5.52. The van der Waals surface area contributed by atoms with Crippen LogP contribution in [0.1, 0.15) is 35.0 Å². The van der Waals surface area contributed by atoms with Crippen LogP contribution in [-0.2, 0) is 17.7 Å². The lowest BCUT2D eigenvalue weighted by atomic mass is 10.1. The molecule has 1 N–H and O–H groups in total. The van der Waals surface area contributed by atoms with Crippen LogP contribution in [-0.4, -0.2) is 42.7 Å². The number of hydrogen-bond donors (Lipinski definition) is 1. The molecule has 1 fully saturated rings. The summed E-state index contributed by atoms with van der Waals surface area (Å²) >= 11 is 1.88. The molecule has 1 saturated heterocycles. The van der Waals surface area contributed by atoms with Gasteiger partial charge in [0.25, 0.3) is 0 Å². The number of thiazole rings is 1. The molecule has 0 spiro atoms. The van der Waals surface area contributed by atoms with E-state index in [0.717, 1.165) is 32.7 Å². The van der Waals surface area contributed by atoms with Crippen molar-refractivity contribution in [1.29, 1.82) is 0 Å². The van der Waals surface area contributed by atoms with E-state index in [9.17, 15) is 0 Å². The number of nitrogens with zero attached hydrogens (tertiary/aromatic N) is 2. The fourth-order valence-corrected chi connectivity index (χ4v) is 3.86. The summed E-state index contributed by atoms with van der Waals surface area (Å²) in [6.45, 7) is 8.25. The minimum atomic E-state index is 0.314. The molecule has 0 amide bonds. The van der Waals surface area contributed by atoms with Crippen LogP contribution in [0.4, 0.5) is 0 Å². The van der Waals surface area contributed by atoms with E-state index in [1.54, 1.807) is 0 Å². The standard InChI is InChI=1S/C13H21N3OS/c1-2-5-16-6-3-10-12(8-16)18-13(15-10)11-9-17-7-4-14-11/h11,14H,2-9H2,1H3. The highest BCUT2D eigenvalue weighted by atomic mass is 32.1. The van der Waals surface area contributed by atoms with Crippen LogP contribution in [0.2, 0.25) is 0 Å². The third-order valence-corrected chi connectivity index (χ3v) is 4.78. The maximum absolute atomic E-state index is 5.52. The second kappa shape index (κ2) is 5.65. The predicted octanol–water partition coefficient (Wildman–Crippen LogP) is 1.57. The van der Waals surface area contributed by atoms with Crippen molar-refractivity contribution in [2.75, 3.05) is 32.8 Å². The molecule has 3 rings (SSSR count). The highest BCUT2D eigenvalue weighted by Crippen LogP contribution is 2.29. The molecule has 100 valence electrons. The second-order valence-electron chi connectivity index (χ2n) is 5.03. The lowest BCUT2D eigenvalue weighted by Gasteiger charge is -2.25. The molecule has 0 radical (unpaired) electrons. The molecule has 1 unspecified atom stereocenters. The van der Waals surface area contributed by atoms with Crippen molar-refractivity contribution in [2.45, 2.75) is 32.4 Å². The van der Waals surface area contributed by atoms with Crippen molar-refractivity contribution in [2.24, 2.45) is 0 Å². The largest absolute Gasteiger partial charge is 0.378 e. The number of hydrogen-bond acceptors (Lipinski definition) is 5. The first kappa shape index (κ1) is 12.5. The number of fused-ring (bicyclic) bond motifs is 1. The topological polar surface area (TPSA) is 37.4 Å². The van der Waals surface area contributed by atoms with Gasteiger partial charge in [0.2, 0.25) is 0 Å². The van der Waals surface area contributed by atoms with Crippen molar-refractivity contribution < 1.29 is 4.74 Å². The predicted molar refractivity (Wildman–Crippen MR) is 72.9 cm³/mol. The molecule has 4 nitrogen and oxygen atoms in total.